The predicted molar refractivity (Wildman–Crippen MR) is 70.4 cm³/mol. The van der Waals surface area contributed by atoms with Gasteiger partial charge in [-0.05, 0) is 18.2 Å². The fraction of sp³-hybridized carbons (Fsp3) is 0.154. The highest BCUT2D eigenvalue weighted by molar-refractivity contribution is 5.86. The van der Waals surface area contributed by atoms with E-state index in [4.69, 9.17) is 9.84 Å². The molecule has 1 aromatic heterocycles. The molecule has 0 saturated heterocycles. The molecule has 1 aromatic carbocycles. The number of carboxylic acid groups (broad SMARTS) is 1. The normalized spacial score (nSPS) is 10.0. The van der Waals surface area contributed by atoms with Gasteiger partial charge in [0.05, 0.1) is 18.5 Å². The Morgan fingerprint density at radius 1 is 1.37 bits per heavy atom. The zero-order valence-electron chi connectivity index (χ0n) is 10.6. The van der Waals surface area contributed by atoms with Crippen molar-refractivity contribution < 1.29 is 14.6 Å². The number of anilines is 1. The summed E-state index contributed by atoms with van der Waals surface area (Å²) in [4.78, 5) is 20.0. The molecule has 2 rings (SSSR count). The molecule has 0 unspecified atom stereocenters. The summed E-state index contributed by atoms with van der Waals surface area (Å²) in [6.45, 7) is 0. The number of amides is 1. The zero-order valence-corrected chi connectivity index (χ0v) is 10.6. The maximum Gasteiger partial charge on any atom is 0.411 e. The number of benzene rings is 1. The van der Waals surface area contributed by atoms with Gasteiger partial charge in [-0.15, -0.1) is 0 Å². The van der Waals surface area contributed by atoms with Gasteiger partial charge in [-0.2, -0.15) is 0 Å². The molecule has 0 bridgehead atoms. The van der Waals surface area contributed by atoms with Crippen molar-refractivity contribution in [3.63, 3.8) is 0 Å². The van der Waals surface area contributed by atoms with Crippen molar-refractivity contribution in [2.45, 2.75) is 0 Å². The lowest BCUT2D eigenvalue weighted by Gasteiger charge is -2.15. The number of ether oxygens (including phenoxy) is 1. The molecule has 98 valence electrons. The number of hydrogen-bond acceptors (Lipinski definition) is 4. The molecule has 6 heteroatoms. The first-order valence-corrected chi connectivity index (χ1v) is 5.54. The Morgan fingerprint density at radius 3 is 2.74 bits per heavy atom. The van der Waals surface area contributed by atoms with E-state index in [1.165, 1.54) is 20.5 Å². The largest absolute Gasteiger partial charge is 0.496 e. The molecule has 0 aliphatic carbocycles. The molecule has 0 radical (unpaired) electrons. The van der Waals surface area contributed by atoms with E-state index in [0.717, 1.165) is 16.2 Å². The third-order valence-electron chi connectivity index (χ3n) is 2.72. The third-order valence-corrected chi connectivity index (χ3v) is 2.72. The standard InChI is InChI=1S/C13H13N3O3/c1-16(13(17)18)9-3-4-10(12(7-9)19-2)11-5-6-14-8-15-11/h3-8H,1-2H3,(H,17,18). The second-order valence-corrected chi connectivity index (χ2v) is 3.82. The first kappa shape index (κ1) is 12.8. The Bertz CT molecular complexity index is 587. The average molecular weight is 259 g/mol. The second kappa shape index (κ2) is 5.34. The van der Waals surface area contributed by atoms with Crippen molar-refractivity contribution in [2.24, 2.45) is 0 Å². The molecule has 0 saturated carbocycles. The van der Waals surface area contributed by atoms with Gasteiger partial charge in [0.25, 0.3) is 0 Å². The van der Waals surface area contributed by atoms with Crippen molar-refractivity contribution in [1.82, 2.24) is 9.97 Å². The van der Waals surface area contributed by atoms with Crippen LogP contribution in [0.1, 0.15) is 0 Å². The van der Waals surface area contributed by atoms with E-state index in [2.05, 4.69) is 9.97 Å². The van der Waals surface area contributed by atoms with Crippen LogP contribution in [0.15, 0.2) is 36.8 Å². The van der Waals surface area contributed by atoms with Crippen molar-refractivity contribution in [3.05, 3.63) is 36.8 Å². The summed E-state index contributed by atoms with van der Waals surface area (Å²) in [7, 11) is 3.01. The number of aromatic nitrogens is 2. The summed E-state index contributed by atoms with van der Waals surface area (Å²) >= 11 is 0. The maximum atomic E-state index is 10.9. The van der Waals surface area contributed by atoms with Crippen molar-refractivity contribution in [2.75, 3.05) is 19.1 Å². The topological polar surface area (TPSA) is 75.5 Å². The summed E-state index contributed by atoms with van der Waals surface area (Å²) < 4.78 is 5.29. The van der Waals surface area contributed by atoms with E-state index in [9.17, 15) is 4.79 Å². The highest BCUT2D eigenvalue weighted by atomic mass is 16.5. The molecule has 6 nitrogen and oxygen atoms in total. The average Bonchev–Trinajstić information content (AvgIpc) is 2.46. The van der Waals surface area contributed by atoms with Crippen molar-refractivity contribution >= 4 is 11.8 Å². The molecular formula is C13H13N3O3. The Balaban J connectivity index is 2.46. The van der Waals surface area contributed by atoms with Crippen LogP contribution in [0.5, 0.6) is 5.75 Å². The molecule has 1 amide bonds. The van der Waals surface area contributed by atoms with Crippen LogP contribution in [0, 0.1) is 0 Å². The molecular weight excluding hydrogens is 246 g/mol. The van der Waals surface area contributed by atoms with Crippen LogP contribution in [0.4, 0.5) is 10.5 Å². The van der Waals surface area contributed by atoms with Gasteiger partial charge in [-0.3, -0.25) is 4.90 Å². The molecule has 0 atom stereocenters. The van der Waals surface area contributed by atoms with Crippen LogP contribution in [0.25, 0.3) is 11.3 Å². The lowest BCUT2D eigenvalue weighted by Crippen LogP contribution is -2.23. The minimum atomic E-state index is -1.03. The van der Waals surface area contributed by atoms with Gasteiger partial charge in [0.2, 0.25) is 0 Å². The van der Waals surface area contributed by atoms with E-state index in [1.54, 1.807) is 30.5 Å². The molecule has 0 aliphatic heterocycles. The summed E-state index contributed by atoms with van der Waals surface area (Å²) in [6.07, 6.45) is 2.06. The minimum absolute atomic E-state index is 0.530. The van der Waals surface area contributed by atoms with Gasteiger partial charge in [0.15, 0.2) is 0 Å². The summed E-state index contributed by atoms with van der Waals surface area (Å²) in [5, 5.41) is 8.95. The number of hydrogen-bond donors (Lipinski definition) is 1. The smallest absolute Gasteiger partial charge is 0.411 e. The van der Waals surface area contributed by atoms with Gasteiger partial charge in [-0.25, -0.2) is 14.8 Å². The third kappa shape index (κ3) is 2.62. The molecule has 19 heavy (non-hydrogen) atoms. The monoisotopic (exact) mass is 259 g/mol. The molecule has 2 aromatic rings. The highest BCUT2D eigenvalue weighted by Gasteiger charge is 2.13. The molecule has 0 spiro atoms. The van der Waals surface area contributed by atoms with Gasteiger partial charge < -0.3 is 9.84 Å². The van der Waals surface area contributed by atoms with E-state index in [-0.39, 0.29) is 0 Å². The van der Waals surface area contributed by atoms with E-state index in [1.807, 2.05) is 0 Å². The Kier molecular flexibility index (Phi) is 3.61. The number of rotatable bonds is 3. The van der Waals surface area contributed by atoms with Crippen LogP contribution < -0.4 is 9.64 Å². The number of nitrogens with zero attached hydrogens (tertiary/aromatic N) is 3. The van der Waals surface area contributed by atoms with Crippen LogP contribution in [-0.2, 0) is 0 Å². The SMILES string of the molecule is COc1cc(N(C)C(=O)O)ccc1-c1ccncn1. The molecule has 0 aliphatic rings. The van der Waals surface area contributed by atoms with Crippen LogP contribution in [0.3, 0.4) is 0 Å². The van der Waals surface area contributed by atoms with E-state index >= 15 is 0 Å². The molecule has 0 fully saturated rings. The summed E-state index contributed by atoms with van der Waals surface area (Å²) in [6, 6.07) is 6.90. The number of methoxy groups -OCH3 is 1. The second-order valence-electron chi connectivity index (χ2n) is 3.82. The van der Waals surface area contributed by atoms with Gasteiger partial charge in [0.1, 0.15) is 12.1 Å². The maximum absolute atomic E-state index is 10.9. The molecule has 1 N–H and O–H groups in total. The Morgan fingerprint density at radius 2 is 2.16 bits per heavy atom. The quantitative estimate of drug-likeness (QED) is 0.915. The van der Waals surface area contributed by atoms with E-state index < -0.39 is 6.09 Å². The van der Waals surface area contributed by atoms with Crippen LogP contribution in [-0.4, -0.2) is 35.3 Å². The van der Waals surface area contributed by atoms with Gasteiger partial charge >= 0.3 is 6.09 Å². The first-order chi connectivity index (χ1) is 9.13. The predicted octanol–water partition coefficient (Wildman–Crippen LogP) is 2.27. The minimum Gasteiger partial charge on any atom is -0.496 e. The summed E-state index contributed by atoms with van der Waals surface area (Å²) in [5.41, 5.74) is 2.03. The Hall–Kier alpha value is -2.63. The number of carbonyl (C=O) groups is 1. The van der Waals surface area contributed by atoms with Crippen LogP contribution >= 0.6 is 0 Å². The zero-order chi connectivity index (χ0) is 13.8. The van der Waals surface area contributed by atoms with E-state index in [0.29, 0.717) is 11.4 Å². The summed E-state index contributed by atoms with van der Waals surface area (Å²) in [5.74, 6) is 0.560. The fourth-order valence-corrected chi connectivity index (χ4v) is 1.66. The van der Waals surface area contributed by atoms with Crippen molar-refractivity contribution in [1.29, 1.82) is 0 Å². The van der Waals surface area contributed by atoms with Gasteiger partial charge in [0, 0.05) is 24.9 Å². The Labute approximate surface area is 110 Å². The lowest BCUT2D eigenvalue weighted by atomic mass is 10.1. The molecule has 1 heterocycles. The van der Waals surface area contributed by atoms with Gasteiger partial charge in [-0.1, -0.05) is 0 Å². The first-order valence-electron chi connectivity index (χ1n) is 5.54. The van der Waals surface area contributed by atoms with Crippen molar-refractivity contribution in [3.8, 4) is 17.0 Å². The van der Waals surface area contributed by atoms with Crippen LogP contribution in [0.2, 0.25) is 0 Å². The lowest BCUT2D eigenvalue weighted by molar-refractivity contribution is 0.203. The fourth-order valence-electron chi connectivity index (χ4n) is 1.66. The highest BCUT2D eigenvalue weighted by Crippen LogP contribution is 2.32.